The van der Waals surface area contributed by atoms with Crippen LogP contribution >= 0.6 is 0 Å². The fraction of sp³-hybridized carbons (Fsp3) is 0.150. The molecule has 0 aliphatic carbocycles. The maximum absolute atomic E-state index is 13.1. The summed E-state index contributed by atoms with van der Waals surface area (Å²) in [5, 5.41) is 10.2. The Morgan fingerprint density at radius 3 is 2.70 bits per heavy atom. The largest absolute Gasteiger partial charge is 0.452 e. The van der Waals surface area contributed by atoms with E-state index in [1.165, 1.54) is 23.4 Å². The lowest BCUT2D eigenvalue weighted by atomic mass is 10.1. The summed E-state index contributed by atoms with van der Waals surface area (Å²) in [7, 11) is 0. The molecule has 1 amide bonds. The van der Waals surface area contributed by atoms with E-state index in [2.05, 4.69) is 20.5 Å². The van der Waals surface area contributed by atoms with E-state index in [9.17, 15) is 22.8 Å². The molecule has 10 nitrogen and oxygen atoms in total. The molecule has 13 heteroatoms. The van der Waals surface area contributed by atoms with Gasteiger partial charge in [0.05, 0.1) is 23.5 Å². The number of carbonyl (C=O) groups excluding carboxylic acids is 2. The number of halogens is 3. The molecule has 33 heavy (non-hydrogen) atoms. The van der Waals surface area contributed by atoms with Crippen LogP contribution in [0.5, 0.6) is 0 Å². The predicted octanol–water partition coefficient (Wildman–Crippen LogP) is 2.92. The van der Waals surface area contributed by atoms with Crippen LogP contribution in [-0.2, 0) is 22.3 Å². The second-order valence-electron chi connectivity index (χ2n) is 6.66. The topological polar surface area (TPSA) is 117 Å². The minimum absolute atomic E-state index is 0.132. The lowest BCUT2D eigenvalue weighted by Gasteiger charge is -2.14. The fourth-order valence-electron chi connectivity index (χ4n) is 2.86. The molecule has 4 rings (SSSR count). The molecule has 0 saturated carbocycles. The van der Waals surface area contributed by atoms with E-state index in [1.807, 2.05) is 0 Å². The van der Waals surface area contributed by atoms with Crippen molar-refractivity contribution in [2.45, 2.75) is 12.7 Å². The summed E-state index contributed by atoms with van der Waals surface area (Å²) in [6, 6.07) is 7.42. The molecule has 0 spiro atoms. The first-order valence-corrected chi connectivity index (χ1v) is 9.39. The number of aromatic nitrogens is 5. The Balaban J connectivity index is 1.41. The van der Waals surface area contributed by atoms with Crippen LogP contribution in [0.3, 0.4) is 0 Å². The van der Waals surface area contributed by atoms with Gasteiger partial charge in [-0.05, 0) is 36.4 Å². The molecule has 0 fully saturated rings. The Morgan fingerprint density at radius 2 is 2.00 bits per heavy atom. The number of nitrogens with zero attached hydrogens (tertiary/aromatic N) is 5. The maximum Gasteiger partial charge on any atom is 0.416 e. The van der Waals surface area contributed by atoms with Gasteiger partial charge in [-0.2, -0.15) is 23.4 Å². The van der Waals surface area contributed by atoms with E-state index in [-0.39, 0.29) is 17.1 Å². The number of hydrogen-bond donors (Lipinski definition) is 1. The van der Waals surface area contributed by atoms with Gasteiger partial charge in [-0.15, -0.1) is 0 Å². The van der Waals surface area contributed by atoms with E-state index in [4.69, 9.17) is 9.15 Å². The average molecular weight is 460 g/mol. The first kappa shape index (κ1) is 21.8. The average Bonchev–Trinajstić information content (AvgIpc) is 3.54. The summed E-state index contributed by atoms with van der Waals surface area (Å²) in [4.78, 5) is 28.2. The molecule has 0 saturated heterocycles. The molecule has 170 valence electrons. The molecule has 3 heterocycles. The second kappa shape index (κ2) is 8.98. The zero-order valence-electron chi connectivity index (χ0n) is 16.7. The highest BCUT2D eigenvalue weighted by Gasteiger charge is 2.31. The van der Waals surface area contributed by atoms with E-state index in [1.54, 1.807) is 29.2 Å². The number of amides is 1. The van der Waals surface area contributed by atoms with Crippen molar-refractivity contribution in [1.82, 2.24) is 24.5 Å². The Labute approximate surface area is 183 Å². The van der Waals surface area contributed by atoms with Crippen molar-refractivity contribution < 1.29 is 31.9 Å². The van der Waals surface area contributed by atoms with Gasteiger partial charge < -0.3 is 14.5 Å². The molecule has 1 N–H and O–H groups in total. The van der Waals surface area contributed by atoms with Gasteiger partial charge in [-0.25, -0.2) is 14.5 Å². The lowest BCUT2D eigenvalue weighted by Crippen LogP contribution is -2.22. The molecule has 1 aromatic carbocycles. The van der Waals surface area contributed by atoms with Gasteiger partial charge in [0.15, 0.2) is 6.61 Å². The van der Waals surface area contributed by atoms with Gasteiger partial charge in [0.2, 0.25) is 5.76 Å². The van der Waals surface area contributed by atoms with E-state index in [0.29, 0.717) is 12.3 Å². The lowest BCUT2D eigenvalue weighted by molar-refractivity contribution is -0.137. The SMILES string of the molecule is O=C(COC(=O)c1ccc(Cn2cccn2)o1)Nc1cc(C(F)(F)F)ccc1-n1cncn1. The highest BCUT2D eigenvalue weighted by atomic mass is 19.4. The number of benzene rings is 1. The molecule has 0 bridgehead atoms. The van der Waals surface area contributed by atoms with E-state index >= 15 is 0 Å². The number of esters is 1. The molecule has 0 aliphatic rings. The van der Waals surface area contributed by atoms with Crippen LogP contribution in [0.1, 0.15) is 21.9 Å². The van der Waals surface area contributed by atoms with Crippen LogP contribution in [0.2, 0.25) is 0 Å². The second-order valence-corrected chi connectivity index (χ2v) is 6.66. The van der Waals surface area contributed by atoms with Crippen LogP contribution in [0.4, 0.5) is 18.9 Å². The zero-order chi connectivity index (χ0) is 23.4. The van der Waals surface area contributed by atoms with Crippen molar-refractivity contribution in [2.24, 2.45) is 0 Å². The summed E-state index contributed by atoms with van der Waals surface area (Å²) in [5.74, 6) is -1.45. The van der Waals surface area contributed by atoms with Crippen LogP contribution in [0, 0.1) is 0 Å². The summed E-state index contributed by atoms with van der Waals surface area (Å²) in [5.41, 5.74) is -1.01. The molecule has 0 atom stereocenters. The highest BCUT2D eigenvalue weighted by molar-refractivity contribution is 5.96. The van der Waals surface area contributed by atoms with Crippen molar-refractivity contribution in [3.05, 3.63) is 78.5 Å². The van der Waals surface area contributed by atoms with Gasteiger partial charge in [0, 0.05) is 12.4 Å². The third kappa shape index (κ3) is 5.26. The predicted molar refractivity (Wildman–Crippen MR) is 105 cm³/mol. The minimum Gasteiger partial charge on any atom is -0.452 e. The molecule has 0 aliphatic heterocycles. The number of anilines is 1. The first-order valence-electron chi connectivity index (χ1n) is 9.39. The van der Waals surface area contributed by atoms with Gasteiger partial charge in [0.1, 0.15) is 18.4 Å². The van der Waals surface area contributed by atoms with Gasteiger partial charge >= 0.3 is 12.1 Å². The molecule has 0 radical (unpaired) electrons. The Morgan fingerprint density at radius 1 is 1.15 bits per heavy atom. The molecule has 4 aromatic rings. The number of furan rings is 1. The third-order valence-corrected chi connectivity index (χ3v) is 4.34. The minimum atomic E-state index is -4.62. The Hall–Kier alpha value is -4.42. The maximum atomic E-state index is 13.1. The number of rotatable bonds is 7. The Bertz CT molecular complexity index is 1250. The summed E-state index contributed by atoms with van der Waals surface area (Å²) in [6.07, 6.45) is 1.13. The van der Waals surface area contributed by atoms with Crippen molar-refractivity contribution in [3.8, 4) is 5.69 Å². The molecular weight excluding hydrogens is 445 g/mol. The fourth-order valence-corrected chi connectivity index (χ4v) is 2.86. The summed E-state index contributed by atoms with van der Waals surface area (Å²) in [6.45, 7) is -0.456. The van der Waals surface area contributed by atoms with Gasteiger partial charge in [0.25, 0.3) is 5.91 Å². The van der Waals surface area contributed by atoms with E-state index in [0.717, 1.165) is 18.2 Å². The number of alkyl halides is 3. The first-order chi connectivity index (χ1) is 15.8. The van der Waals surface area contributed by atoms with Crippen molar-refractivity contribution >= 4 is 17.6 Å². The third-order valence-electron chi connectivity index (χ3n) is 4.34. The smallest absolute Gasteiger partial charge is 0.416 e. The van der Waals surface area contributed by atoms with Gasteiger partial charge in [-0.1, -0.05) is 0 Å². The molecular formula is C20H15F3N6O4. The highest BCUT2D eigenvalue weighted by Crippen LogP contribution is 2.33. The standard InChI is InChI=1S/C20H15F3N6O4/c21-20(22,23)13-2-4-16(29-12-24-11-26-29)15(8-13)27-18(30)10-32-19(31)17-5-3-14(33-17)9-28-7-1-6-25-28/h1-8,11-12H,9-10H2,(H,27,30). The molecule has 0 unspecified atom stereocenters. The van der Waals surface area contributed by atoms with Gasteiger partial charge in [-0.3, -0.25) is 9.48 Å². The number of ether oxygens (including phenoxy) is 1. The van der Waals surface area contributed by atoms with Crippen LogP contribution in [0.15, 0.2) is 65.9 Å². The number of hydrogen-bond acceptors (Lipinski definition) is 7. The van der Waals surface area contributed by atoms with Crippen LogP contribution in [-0.4, -0.2) is 43.0 Å². The van der Waals surface area contributed by atoms with Crippen LogP contribution < -0.4 is 5.32 Å². The zero-order valence-corrected chi connectivity index (χ0v) is 16.7. The van der Waals surface area contributed by atoms with Crippen molar-refractivity contribution in [3.63, 3.8) is 0 Å². The molecule has 3 aromatic heterocycles. The monoisotopic (exact) mass is 460 g/mol. The van der Waals surface area contributed by atoms with Crippen LogP contribution in [0.25, 0.3) is 5.69 Å². The summed E-state index contributed by atoms with van der Waals surface area (Å²) < 4.78 is 52.4. The summed E-state index contributed by atoms with van der Waals surface area (Å²) >= 11 is 0. The van der Waals surface area contributed by atoms with E-state index < -0.39 is 30.2 Å². The number of nitrogens with one attached hydrogen (secondary N) is 1. The van der Waals surface area contributed by atoms with Crippen molar-refractivity contribution in [2.75, 3.05) is 11.9 Å². The quantitative estimate of drug-likeness (QED) is 0.422. The number of carbonyl (C=O) groups is 2. The van der Waals surface area contributed by atoms with Crippen molar-refractivity contribution in [1.29, 1.82) is 0 Å². The normalized spacial score (nSPS) is 11.4. The Kier molecular flexibility index (Phi) is 5.93.